The zero-order chi connectivity index (χ0) is 15.8. The van der Waals surface area contributed by atoms with E-state index >= 15 is 0 Å². The number of aliphatic carboxylic acids is 1. The van der Waals surface area contributed by atoms with E-state index in [0.29, 0.717) is 24.5 Å². The summed E-state index contributed by atoms with van der Waals surface area (Å²) in [4.78, 5) is 23.2. The average Bonchev–Trinajstić information content (AvgIpc) is 2.46. The lowest BCUT2D eigenvalue weighted by Crippen LogP contribution is -2.46. The molecular weight excluding hydrogens is 272 g/mol. The van der Waals surface area contributed by atoms with Crippen LogP contribution in [0.15, 0.2) is 24.3 Å². The number of para-hydroxylation sites is 2. The summed E-state index contributed by atoms with van der Waals surface area (Å²) in [5.41, 5.74) is 0.505. The predicted octanol–water partition coefficient (Wildman–Crippen LogP) is 2.71. The summed E-state index contributed by atoms with van der Waals surface area (Å²) in [6.45, 7) is 5.99. The van der Waals surface area contributed by atoms with Gasteiger partial charge in [0.1, 0.15) is 11.8 Å². The van der Waals surface area contributed by atoms with Crippen LogP contribution in [0.1, 0.15) is 27.2 Å². The van der Waals surface area contributed by atoms with Gasteiger partial charge in [-0.15, -0.1) is 0 Å². The molecule has 6 nitrogen and oxygen atoms in total. The molecule has 0 radical (unpaired) electrons. The third-order valence-corrected chi connectivity index (χ3v) is 3.20. The molecule has 0 aliphatic carbocycles. The van der Waals surface area contributed by atoms with Gasteiger partial charge >= 0.3 is 12.0 Å². The summed E-state index contributed by atoms with van der Waals surface area (Å²) in [5, 5.41) is 14.3. The van der Waals surface area contributed by atoms with Crippen molar-refractivity contribution >= 4 is 17.7 Å². The summed E-state index contributed by atoms with van der Waals surface area (Å²) >= 11 is 0. The minimum absolute atomic E-state index is 0.157. The Kier molecular flexibility index (Phi) is 6.52. The lowest BCUT2D eigenvalue weighted by Gasteiger charge is -2.20. The molecule has 2 amide bonds. The third-order valence-electron chi connectivity index (χ3n) is 3.20. The maximum Gasteiger partial charge on any atom is 0.326 e. The molecule has 0 aliphatic heterocycles. The van der Waals surface area contributed by atoms with E-state index in [-0.39, 0.29) is 5.92 Å². The van der Waals surface area contributed by atoms with Gasteiger partial charge in [-0.1, -0.05) is 32.4 Å². The van der Waals surface area contributed by atoms with E-state index in [1.54, 1.807) is 31.2 Å². The number of carbonyl (C=O) groups excluding carboxylic acids is 1. The first-order valence-electron chi connectivity index (χ1n) is 7.01. The van der Waals surface area contributed by atoms with Crippen molar-refractivity contribution in [1.29, 1.82) is 0 Å². The number of carbonyl (C=O) groups is 2. The van der Waals surface area contributed by atoms with Gasteiger partial charge in [0.2, 0.25) is 0 Å². The normalized spacial score (nSPS) is 13.1. The summed E-state index contributed by atoms with van der Waals surface area (Å²) in [5.74, 6) is -0.654. The van der Waals surface area contributed by atoms with Crippen molar-refractivity contribution in [2.24, 2.45) is 5.92 Å². The van der Waals surface area contributed by atoms with Crippen molar-refractivity contribution in [2.75, 3.05) is 11.9 Å². The molecule has 116 valence electrons. The number of hydrogen-bond donors (Lipinski definition) is 3. The molecule has 0 saturated carbocycles. The highest BCUT2D eigenvalue weighted by Crippen LogP contribution is 2.23. The molecule has 0 aliphatic rings. The number of carboxylic acid groups (broad SMARTS) is 1. The van der Waals surface area contributed by atoms with Crippen LogP contribution in [0, 0.1) is 5.92 Å². The Bertz CT molecular complexity index is 490. The molecular formula is C15H22N2O4. The van der Waals surface area contributed by atoms with Crippen LogP contribution in [0.5, 0.6) is 5.75 Å². The molecule has 1 rings (SSSR count). The van der Waals surface area contributed by atoms with E-state index in [1.165, 1.54) is 0 Å². The van der Waals surface area contributed by atoms with Gasteiger partial charge in [0, 0.05) is 0 Å². The molecule has 0 heterocycles. The molecule has 0 fully saturated rings. The van der Waals surface area contributed by atoms with Crippen LogP contribution in [-0.2, 0) is 4.79 Å². The minimum Gasteiger partial charge on any atom is -0.492 e. The van der Waals surface area contributed by atoms with Gasteiger partial charge in [0.25, 0.3) is 0 Å². The Morgan fingerprint density at radius 1 is 1.29 bits per heavy atom. The second-order valence-electron chi connectivity index (χ2n) is 4.73. The maximum atomic E-state index is 12.0. The quantitative estimate of drug-likeness (QED) is 0.721. The summed E-state index contributed by atoms with van der Waals surface area (Å²) in [6, 6.07) is 5.52. The van der Waals surface area contributed by atoms with E-state index in [0.717, 1.165) is 0 Å². The Labute approximate surface area is 124 Å². The first-order valence-corrected chi connectivity index (χ1v) is 7.01. The van der Waals surface area contributed by atoms with Crippen molar-refractivity contribution in [1.82, 2.24) is 5.32 Å². The van der Waals surface area contributed by atoms with Gasteiger partial charge in [0.05, 0.1) is 12.3 Å². The second-order valence-corrected chi connectivity index (χ2v) is 4.73. The van der Waals surface area contributed by atoms with Gasteiger partial charge in [-0.05, 0) is 25.0 Å². The largest absolute Gasteiger partial charge is 0.492 e. The monoisotopic (exact) mass is 294 g/mol. The average molecular weight is 294 g/mol. The van der Waals surface area contributed by atoms with Crippen LogP contribution < -0.4 is 15.4 Å². The van der Waals surface area contributed by atoms with Crippen LogP contribution in [-0.4, -0.2) is 29.8 Å². The molecule has 3 N–H and O–H groups in total. The fourth-order valence-electron chi connectivity index (χ4n) is 1.83. The highest BCUT2D eigenvalue weighted by molar-refractivity contribution is 5.93. The van der Waals surface area contributed by atoms with Crippen molar-refractivity contribution in [3.63, 3.8) is 0 Å². The molecule has 2 unspecified atom stereocenters. The zero-order valence-corrected chi connectivity index (χ0v) is 12.6. The number of ether oxygens (including phenoxy) is 1. The molecule has 0 spiro atoms. The van der Waals surface area contributed by atoms with Crippen molar-refractivity contribution in [2.45, 2.75) is 33.2 Å². The molecule has 0 saturated heterocycles. The van der Waals surface area contributed by atoms with Crippen molar-refractivity contribution in [3.8, 4) is 5.75 Å². The molecule has 2 atom stereocenters. The number of benzene rings is 1. The molecule has 0 aromatic heterocycles. The fourth-order valence-corrected chi connectivity index (χ4v) is 1.83. The summed E-state index contributed by atoms with van der Waals surface area (Å²) in [7, 11) is 0. The number of amides is 2. The van der Waals surface area contributed by atoms with Crippen LogP contribution in [0.25, 0.3) is 0 Å². The summed E-state index contributed by atoms with van der Waals surface area (Å²) in [6.07, 6.45) is 0.660. The third kappa shape index (κ3) is 4.98. The van der Waals surface area contributed by atoms with Crippen molar-refractivity contribution < 1.29 is 19.4 Å². The van der Waals surface area contributed by atoms with Gasteiger partial charge < -0.3 is 20.5 Å². The van der Waals surface area contributed by atoms with Gasteiger partial charge in [-0.3, -0.25) is 0 Å². The first-order chi connectivity index (χ1) is 9.99. The Hall–Kier alpha value is -2.24. The minimum atomic E-state index is -1.04. The highest BCUT2D eigenvalue weighted by Gasteiger charge is 2.25. The molecule has 1 aromatic carbocycles. The maximum absolute atomic E-state index is 12.0. The number of urea groups is 1. The Balaban J connectivity index is 2.74. The predicted molar refractivity (Wildman–Crippen MR) is 80.6 cm³/mol. The summed E-state index contributed by atoms with van der Waals surface area (Å²) < 4.78 is 5.40. The fraction of sp³-hybridized carbons (Fsp3) is 0.467. The topological polar surface area (TPSA) is 87.7 Å². The Morgan fingerprint density at radius 2 is 1.95 bits per heavy atom. The second kappa shape index (κ2) is 8.14. The number of carboxylic acids is 1. The van der Waals surface area contributed by atoms with E-state index in [4.69, 9.17) is 9.84 Å². The van der Waals surface area contributed by atoms with Gasteiger partial charge in [0.15, 0.2) is 0 Å². The molecule has 1 aromatic rings. The molecule has 21 heavy (non-hydrogen) atoms. The first kappa shape index (κ1) is 16.8. The van der Waals surface area contributed by atoms with Crippen LogP contribution in [0.3, 0.4) is 0 Å². The van der Waals surface area contributed by atoms with E-state index in [9.17, 15) is 9.59 Å². The molecule has 6 heteroatoms. The Morgan fingerprint density at radius 3 is 2.52 bits per heavy atom. The van der Waals surface area contributed by atoms with E-state index < -0.39 is 18.0 Å². The molecule has 0 bridgehead atoms. The lowest BCUT2D eigenvalue weighted by atomic mass is 9.99. The smallest absolute Gasteiger partial charge is 0.326 e. The number of nitrogens with one attached hydrogen (secondary N) is 2. The van der Waals surface area contributed by atoms with Gasteiger partial charge in [-0.2, -0.15) is 0 Å². The number of anilines is 1. The van der Waals surface area contributed by atoms with Crippen molar-refractivity contribution in [3.05, 3.63) is 24.3 Å². The zero-order valence-electron chi connectivity index (χ0n) is 12.6. The van der Waals surface area contributed by atoms with Crippen LogP contribution in [0.4, 0.5) is 10.5 Å². The van der Waals surface area contributed by atoms with E-state index in [2.05, 4.69) is 10.6 Å². The highest BCUT2D eigenvalue weighted by atomic mass is 16.5. The van der Waals surface area contributed by atoms with E-state index in [1.807, 2.05) is 13.8 Å². The SMILES string of the molecule is CCOc1ccccc1NC(=O)NC(C(=O)O)C(C)CC. The van der Waals surface area contributed by atoms with Crippen LogP contribution >= 0.6 is 0 Å². The van der Waals surface area contributed by atoms with Crippen LogP contribution in [0.2, 0.25) is 0 Å². The number of hydrogen-bond acceptors (Lipinski definition) is 3. The van der Waals surface area contributed by atoms with Gasteiger partial charge in [-0.25, -0.2) is 9.59 Å². The lowest BCUT2D eigenvalue weighted by molar-refractivity contribution is -0.140. The standard InChI is InChI=1S/C15H22N2O4/c1-4-10(3)13(14(18)19)17-15(20)16-11-8-6-7-9-12(11)21-5-2/h6-10,13H,4-5H2,1-3H3,(H,18,19)(H2,16,17,20). The number of rotatable bonds is 7.